The molecule has 2 aromatic carbocycles. The first kappa shape index (κ1) is 26.2. The Labute approximate surface area is 209 Å². The number of likely N-dealkylation sites (N-methyl/N-ethyl adjacent to an activating group) is 1. The number of carbonyl (C=O) groups excluding carboxylic acids is 2. The fourth-order valence-corrected chi connectivity index (χ4v) is 3.43. The first-order valence-corrected chi connectivity index (χ1v) is 11.7. The minimum atomic E-state index is -0.644. The molecule has 10 heteroatoms. The lowest BCUT2D eigenvalue weighted by Crippen LogP contribution is -2.43. The number of hydrogen-bond donors (Lipinski definition) is 3. The van der Waals surface area contributed by atoms with Crippen LogP contribution in [0.3, 0.4) is 0 Å². The molecule has 3 N–H and O–H groups in total. The number of carbonyl (C=O) groups is 2. The number of hydrogen-bond acceptors (Lipinski definition) is 6. The van der Waals surface area contributed by atoms with Gasteiger partial charge in [-0.25, -0.2) is 14.6 Å². The molecular weight excluding hydrogens is 470 g/mol. The van der Waals surface area contributed by atoms with E-state index >= 15 is 0 Å². The molecule has 3 rings (SSSR count). The normalized spacial score (nSPS) is 10.7. The van der Waals surface area contributed by atoms with Gasteiger partial charge >= 0.3 is 12.1 Å². The van der Waals surface area contributed by atoms with E-state index in [1.807, 2.05) is 49.5 Å². The van der Waals surface area contributed by atoms with Crippen molar-refractivity contribution in [2.45, 2.75) is 6.54 Å². The lowest BCUT2D eigenvalue weighted by Gasteiger charge is -2.23. The molecular formula is C25H30ClN5O4. The highest BCUT2D eigenvalue weighted by Crippen LogP contribution is 2.16. The van der Waals surface area contributed by atoms with Crippen LogP contribution in [-0.4, -0.2) is 68.5 Å². The van der Waals surface area contributed by atoms with Gasteiger partial charge in [-0.05, 0) is 30.1 Å². The van der Waals surface area contributed by atoms with Crippen molar-refractivity contribution in [3.63, 3.8) is 0 Å². The zero-order valence-electron chi connectivity index (χ0n) is 19.6. The molecule has 35 heavy (non-hydrogen) atoms. The molecule has 0 bridgehead atoms. The number of benzene rings is 2. The van der Waals surface area contributed by atoms with Gasteiger partial charge in [0.05, 0.1) is 19.8 Å². The van der Waals surface area contributed by atoms with E-state index in [-0.39, 0.29) is 25.7 Å². The minimum absolute atomic E-state index is 0.00937. The van der Waals surface area contributed by atoms with Crippen molar-refractivity contribution in [2.24, 2.45) is 0 Å². The van der Waals surface area contributed by atoms with Gasteiger partial charge in [-0.3, -0.25) is 5.32 Å². The van der Waals surface area contributed by atoms with E-state index in [1.165, 1.54) is 4.90 Å². The second kappa shape index (κ2) is 14.1. The highest BCUT2D eigenvalue weighted by Gasteiger charge is 2.15. The molecule has 1 heterocycles. The Hall–Kier alpha value is -3.40. The second-order valence-corrected chi connectivity index (χ2v) is 8.04. The van der Waals surface area contributed by atoms with Crippen LogP contribution in [0.15, 0.2) is 60.8 Å². The standard InChI is InChI=1S/C25H30ClN5O4/c1-27-10-13-34-14-11-31(24(32)29-18-21-8-4-5-9-22(21)26)12-15-35-25(33)30-23-16-19-6-2-3-7-20(19)17-28-23/h2-9,16-17,27H,10-15,18H2,1H3,(H,29,32)(H,28,30,33). The average molecular weight is 500 g/mol. The van der Waals surface area contributed by atoms with Crippen molar-refractivity contribution in [3.8, 4) is 0 Å². The van der Waals surface area contributed by atoms with Crippen LogP contribution in [0, 0.1) is 0 Å². The number of aromatic nitrogens is 1. The molecule has 3 aromatic rings. The number of urea groups is 1. The third-order valence-electron chi connectivity index (χ3n) is 5.13. The summed E-state index contributed by atoms with van der Waals surface area (Å²) >= 11 is 6.18. The van der Waals surface area contributed by atoms with E-state index in [0.29, 0.717) is 37.1 Å². The first-order chi connectivity index (χ1) is 17.1. The molecule has 0 atom stereocenters. The van der Waals surface area contributed by atoms with Crippen molar-refractivity contribution in [1.82, 2.24) is 20.5 Å². The number of nitrogens with zero attached hydrogens (tertiary/aromatic N) is 2. The van der Waals surface area contributed by atoms with Crippen molar-refractivity contribution >= 4 is 40.3 Å². The van der Waals surface area contributed by atoms with Gasteiger partial charge in [-0.1, -0.05) is 54.1 Å². The predicted molar refractivity (Wildman–Crippen MR) is 137 cm³/mol. The maximum absolute atomic E-state index is 12.8. The highest BCUT2D eigenvalue weighted by atomic mass is 35.5. The molecule has 0 radical (unpaired) electrons. The smallest absolute Gasteiger partial charge is 0.412 e. The molecule has 0 unspecified atom stereocenters. The third kappa shape index (κ3) is 8.71. The molecule has 0 aliphatic carbocycles. The van der Waals surface area contributed by atoms with Crippen molar-refractivity contribution < 1.29 is 19.1 Å². The van der Waals surface area contributed by atoms with E-state index in [4.69, 9.17) is 21.1 Å². The van der Waals surface area contributed by atoms with Crippen LogP contribution in [0.4, 0.5) is 15.4 Å². The van der Waals surface area contributed by atoms with Crippen LogP contribution in [0.1, 0.15) is 5.56 Å². The first-order valence-electron chi connectivity index (χ1n) is 11.3. The molecule has 0 fully saturated rings. The minimum Gasteiger partial charge on any atom is -0.447 e. The summed E-state index contributed by atoms with van der Waals surface area (Å²) in [6, 6.07) is 16.5. The summed E-state index contributed by atoms with van der Waals surface area (Å²) in [6.07, 6.45) is 1.04. The summed E-state index contributed by atoms with van der Waals surface area (Å²) in [5.41, 5.74) is 0.811. The Balaban J connectivity index is 1.49. The lowest BCUT2D eigenvalue weighted by atomic mass is 10.2. The van der Waals surface area contributed by atoms with E-state index in [0.717, 1.165) is 16.3 Å². The summed E-state index contributed by atoms with van der Waals surface area (Å²) in [7, 11) is 1.84. The Morgan fingerprint density at radius 3 is 2.54 bits per heavy atom. The van der Waals surface area contributed by atoms with Crippen LogP contribution in [-0.2, 0) is 16.0 Å². The number of ether oxygens (including phenoxy) is 2. The van der Waals surface area contributed by atoms with Gasteiger partial charge < -0.3 is 25.0 Å². The fraction of sp³-hybridized carbons (Fsp3) is 0.320. The quantitative estimate of drug-likeness (QED) is 0.327. The Morgan fingerprint density at radius 2 is 1.74 bits per heavy atom. The van der Waals surface area contributed by atoms with Gasteiger partial charge in [0.2, 0.25) is 0 Å². The third-order valence-corrected chi connectivity index (χ3v) is 5.50. The number of nitrogens with one attached hydrogen (secondary N) is 3. The largest absolute Gasteiger partial charge is 0.447 e. The van der Waals surface area contributed by atoms with Crippen LogP contribution in [0.25, 0.3) is 10.8 Å². The van der Waals surface area contributed by atoms with Crippen molar-refractivity contribution in [2.75, 3.05) is 51.8 Å². The fourth-order valence-electron chi connectivity index (χ4n) is 3.23. The van der Waals surface area contributed by atoms with Gasteiger partial charge in [0.25, 0.3) is 0 Å². The summed E-state index contributed by atoms with van der Waals surface area (Å²) < 4.78 is 10.8. The Bertz CT molecular complexity index is 1110. The van der Waals surface area contributed by atoms with Crippen LogP contribution >= 0.6 is 11.6 Å². The molecule has 9 nitrogen and oxygen atoms in total. The second-order valence-electron chi connectivity index (χ2n) is 7.63. The zero-order valence-corrected chi connectivity index (χ0v) is 20.4. The maximum Gasteiger partial charge on any atom is 0.412 e. The van der Waals surface area contributed by atoms with Crippen molar-refractivity contribution in [1.29, 1.82) is 0 Å². The van der Waals surface area contributed by atoms with E-state index < -0.39 is 6.09 Å². The summed E-state index contributed by atoms with van der Waals surface area (Å²) in [4.78, 5) is 30.8. The molecule has 0 aliphatic rings. The molecule has 0 spiro atoms. The van der Waals surface area contributed by atoms with Crippen LogP contribution < -0.4 is 16.0 Å². The average Bonchev–Trinajstić information content (AvgIpc) is 2.86. The van der Waals surface area contributed by atoms with Gasteiger partial charge in [0.1, 0.15) is 12.4 Å². The van der Waals surface area contributed by atoms with E-state index in [1.54, 1.807) is 18.3 Å². The van der Waals surface area contributed by atoms with Gasteiger partial charge in [-0.15, -0.1) is 0 Å². The van der Waals surface area contributed by atoms with Crippen LogP contribution in [0.2, 0.25) is 5.02 Å². The number of anilines is 1. The number of amides is 3. The van der Waals surface area contributed by atoms with Crippen LogP contribution in [0.5, 0.6) is 0 Å². The summed E-state index contributed by atoms with van der Waals surface area (Å²) in [6.45, 7) is 2.43. The van der Waals surface area contributed by atoms with E-state index in [9.17, 15) is 9.59 Å². The molecule has 3 amide bonds. The number of fused-ring (bicyclic) bond motifs is 1. The number of pyridine rings is 1. The van der Waals surface area contributed by atoms with Gasteiger partial charge in [0.15, 0.2) is 0 Å². The molecule has 186 valence electrons. The van der Waals surface area contributed by atoms with E-state index in [2.05, 4.69) is 20.9 Å². The monoisotopic (exact) mass is 499 g/mol. The topological polar surface area (TPSA) is 105 Å². The summed E-state index contributed by atoms with van der Waals surface area (Å²) in [5.74, 6) is 0.390. The maximum atomic E-state index is 12.8. The molecule has 0 saturated carbocycles. The Kier molecular flexibility index (Phi) is 10.6. The SMILES string of the molecule is CNCCOCCN(CCOC(=O)Nc1cc2ccccc2cn1)C(=O)NCc1ccccc1Cl. The lowest BCUT2D eigenvalue weighted by molar-refractivity contribution is 0.100. The number of rotatable bonds is 12. The predicted octanol–water partition coefficient (Wildman–Crippen LogP) is 3.88. The molecule has 1 aromatic heterocycles. The Morgan fingerprint density at radius 1 is 1.00 bits per heavy atom. The summed E-state index contributed by atoms with van der Waals surface area (Å²) in [5, 5.41) is 11.0. The number of halogens is 1. The highest BCUT2D eigenvalue weighted by molar-refractivity contribution is 6.31. The molecule has 0 saturated heterocycles. The van der Waals surface area contributed by atoms with Gasteiger partial charge in [-0.2, -0.15) is 0 Å². The molecule has 0 aliphatic heterocycles. The zero-order chi connectivity index (χ0) is 24.9. The van der Waals surface area contributed by atoms with Crippen molar-refractivity contribution in [3.05, 3.63) is 71.4 Å². The van der Waals surface area contributed by atoms with Gasteiger partial charge in [0, 0.05) is 36.2 Å².